The molecule has 2 rings (SSSR count). The highest BCUT2D eigenvalue weighted by Crippen LogP contribution is 2.18. The van der Waals surface area contributed by atoms with Crippen LogP contribution in [0.5, 0.6) is 0 Å². The number of hydrogen-bond donors (Lipinski definition) is 1. The molecule has 1 N–H and O–H groups in total. The highest BCUT2D eigenvalue weighted by Gasteiger charge is 2.31. The van der Waals surface area contributed by atoms with Gasteiger partial charge in [-0.3, -0.25) is 13.9 Å². The van der Waals surface area contributed by atoms with Crippen molar-refractivity contribution in [2.45, 2.75) is 45.6 Å². The fourth-order valence-electron chi connectivity index (χ4n) is 3.61. The topological polar surface area (TPSA) is 86.8 Å². The zero-order valence-electron chi connectivity index (χ0n) is 19.7. The van der Waals surface area contributed by atoms with Crippen LogP contribution < -0.4 is 9.62 Å². The van der Waals surface area contributed by atoms with Gasteiger partial charge in [-0.15, -0.1) is 0 Å². The van der Waals surface area contributed by atoms with Crippen LogP contribution in [0.25, 0.3) is 0 Å². The van der Waals surface area contributed by atoms with Crippen molar-refractivity contribution in [3.05, 3.63) is 66.2 Å². The Bertz CT molecular complexity index is 981. The van der Waals surface area contributed by atoms with E-state index in [4.69, 9.17) is 0 Å². The maximum Gasteiger partial charge on any atom is 0.244 e. The molecule has 0 heterocycles. The van der Waals surface area contributed by atoms with Gasteiger partial charge in [0.15, 0.2) is 0 Å². The molecule has 180 valence electrons. The van der Waals surface area contributed by atoms with Gasteiger partial charge < -0.3 is 10.2 Å². The van der Waals surface area contributed by atoms with E-state index in [-0.39, 0.29) is 12.5 Å². The fraction of sp³-hybridized carbons (Fsp3) is 0.440. The van der Waals surface area contributed by atoms with Crippen molar-refractivity contribution >= 4 is 27.5 Å². The standard InChI is InChI=1S/C25H35N3O4S/c1-4-6-18-26-25(30)23(5-2)27(19-17-21-13-9-7-10-14-21)24(29)20-28(33(3,31)32)22-15-11-8-12-16-22/h7-16,23H,4-6,17-20H2,1-3H3,(H,26,30)/t23-/m1/s1. The summed E-state index contributed by atoms with van der Waals surface area (Å²) in [6, 6.07) is 17.6. The van der Waals surface area contributed by atoms with E-state index in [1.165, 1.54) is 4.90 Å². The highest BCUT2D eigenvalue weighted by atomic mass is 32.2. The second-order valence-corrected chi connectivity index (χ2v) is 9.90. The summed E-state index contributed by atoms with van der Waals surface area (Å²) in [6.07, 6.45) is 3.89. The van der Waals surface area contributed by atoms with Gasteiger partial charge >= 0.3 is 0 Å². The number of benzene rings is 2. The number of carbonyl (C=O) groups is 2. The number of carbonyl (C=O) groups excluding carboxylic acids is 2. The molecule has 0 aliphatic heterocycles. The molecule has 0 saturated carbocycles. The first kappa shape index (κ1) is 26.4. The average Bonchev–Trinajstić information content (AvgIpc) is 2.80. The lowest BCUT2D eigenvalue weighted by Crippen LogP contribution is -2.53. The lowest BCUT2D eigenvalue weighted by molar-refractivity contribution is -0.139. The molecule has 0 aliphatic rings. The molecule has 1 atom stereocenters. The number of nitrogens with zero attached hydrogens (tertiary/aromatic N) is 2. The number of sulfonamides is 1. The van der Waals surface area contributed by atoms with Gasteiger partial charge in [0.2, 0.25) is 21.8 Å². The minimum atomic E-state index is -3.70. The van der Waals surface area contributed by atoms with Crippen molar-refractivity contribution in [2.75, 3.05) is 30.2 Å². The quantitative estimate of drug-likeness (QED) is 0.453. The molecule has 0 saturated heterocycles. The second-order valence-electron chi connectivity index (χ2n) is 8.00. The van der Waals surface area contributed by atoms with E-state index in [1.54, 1.807) is 30.3 Å². The molecule has 2 amide bonds. The minimum Gasteiger partial charge on any atom is -0.354 e. The third kappa shape index (κ3) is 8.20. The number of hydrogen-bond acceptors (Lipinski definition) is 4. The van der Waals surface area contributed by atoms with Crippen LogP contribution >= 0.6 is 0 Å². The van der Waals surface area contributed by atoms with Gasteiger partial charge in [0.1, 0.15) is 12.6 Å². The SMILES string of the molecule is CCCCNC(=O)[C@@H](CC)N(CCc1ccccc1)C(=O)CN(c1ccccc1)S(C)(=O)=O. The third-order valence-corrected chi connectivity index (χ3v) is 6.56. The van der Waals surface area contributed by atoms with Crippen molar-refractivity contribution in [1.82, 2.24) is 10.2 Å². The lowest BCUT2D eigenvalue weighted by atomic mass is 10.1. The van der Waals surface area contributed by atoms with Crippen LogP contribution in [0.2, 0.25) is 0 Å². The number of para-hydroxylation sites is 1. The van der Waals surface area contributed by atoms with E-state index in [0.29, 0.717) is 31.6 Å². The first-order chi connectivity index (χ1) is 15.8. The summed E-state index contributed by atoms with van der Waals surface area (Å²) >= 11 is 0. The van der Waals surface area contributed by atoms with Crippen LogP contribution in [0, 0.1) is 0 Å². The number of rotatable bonds is 13. The molecule has 0 fully saturated rings. The Labute approximate surface area is 197 Å². The molecule has 2 aromatic carbocycles. The number of unbranched alkanes of at least 4 members (excludes halogenated alkanes) is 1. The van der Waals surface area contributed by atoms with Crippen molar-refractivity contribution in [2.24, 2.45) is 0 Å². The van der Waals surface area contributed by atoms with Gasteiger partial charge in [-0.1, -0.05) is 68.8 Å². The second kappa shape index (κ2) is 13.0. The monoisotopic (exact) mass is 473 g/mol. The Kier molecular flexibility index (Phi) is 10.4. The Morgan fingerprint density at radius 1 is 0.970 bits per heavy atom. The maximum absolute atomic E-state index is 13.5. The number of anilines is 1. The number of nitrogens with one attached hydrogen (secondary N) is 1. The van der Waals surface area contributed by atoms with E-state index in [2.05, 4.69) is 5.32 Å². The molecule has 2 aromatic rings. The summed E-state index contributed by atoms with van der Waals surface area (Å²) in [5, 5.41) is 2.92. The summed E-state index contributed by atoms with van der Waals surface area (Å²) in [4.78, 5) is 27.9. The molecular formula is C25H35N3O4S. The van der Waals surface area contributed by atoms with E-state index in [0.717, 1.165) is 29.0 Å². The molecule has 0 aliphatic carbocycles. The average molecular weight is 474 g/mol. The van der Waals surface area contributed by atoms with Crippen molar-refractivity contribution < 1.29 is 18.0 Å². The Morgan fingerprint density at radius 3 is 2.12 bits per heavy atom. The van der Waals surface area contributed by atoms with Gasteiger partial charge in [0, 0.05) is 13.1 Å². The summed E-state index contributed by atoms with van der Waals surface area (Å²) < 4.78 is 26.1. The van der Waals surface area contributed by atoms with Crippen molar-refractivity contribution in [1.29, 1.82) is 0 Å². The van der Waals surface area contributed by atoms with E-state index in [1.807, 2.05) is 44.2 Å². The Hall–Kier alpha value is -2.87. The third-order valence-electron chi connectivity index (χ3n) is 5.42. The van der Waals surface area contributed by atoms with E-state index in [9.17, 15) is 18.0 Å². The summed E-state index contributed by atoms with van der Waals surface area (Å²) in [5.74, 6) is -0.615. The van der Waals surface area contributed by atoms with Crippen LogP contribution in [-0.2, 0) is 26.0 Å². The Morgan fingerprint density at radius 2 is 1.58 bits per heavy atom. The predicted molar refractivity (Wildman–Crippen MR) is 132 cm³/mol. The van der Waals surface area contributed by atoms with Crippen LogP contribution in [0.15, 0.2) is 60.7 Å². The smallest absolute Gasteiger partial charge is 0.244 e. The Balaban J connectivity index is 2.29. The highest BCUT2D eigenvalue weighted by molar-refractivity contribution is 7.92. The van der Waals surface area contributed by atoms with Crippen LogP contribution in [-0.4, -0.2) is 57.1 Å². The van der Waals surface area contributed by atoms with Gasteiger partial charge in [-0.2, -0.15) is 0 Å². The molecule has 7 nitrogen and oxygen atoms in total. The maximum atomic E-state index is 13.5. The van der Waals surface area contributed by atoms with Crippen LogP contribution in [0.4, 0.5) is 5.69 Å². The molecule has 0 aromatic heterocycles. The number of amides is 2. The van der Waals surface area contributed by atoms with E-state index >= 15 is 0 Å². The van der Waals surface area contributed by atoms with Gasteiger partial charge in [-0.25, -0.2) is 8.42 Å². The van der Waals surface area contributed by atoms with Crippen LogP contribution in [0.1, 0.15) is 38.7 Å². The van der Waals surface area contributed by atoms with Crippen molar-refractivity contribution in [3.63, 3.8) is 0 Å². The van der Waals surface area contributed by atoms with Gasteiger partial charge in [-0.05, 0) is 37.0 Å². The van der Waals surface area contributed by atoms with E-state index < -0.39 is 22.0 Å². The summed E-state index contributed by atoms with van der Waals surface area (Å²) in [6.45, 7) is 4.40. The minimum absolute atomic E-state index is 0.210. The lowest BCUT2D eigenvalue weighted by Gasteiger charge is -2.32. The van der Waals surface area contributed by atoms with Gasteiger partial charge in [0.05, 0.1) is 11.9 Å². The molecule has 8 heteroatoms. The largest absolute Gasteiger partial charge is 0.354 e. The van der Waals surface area contributed by atoms with Crippen LogP contribution in [0.3, 0.4) is 0 Å². The molecular weight excluding hydrogens is 438 g/mol. The predicted octanol–water partition coefficient (Wildman–Crippen LogP) is 3.22. The normalized spacial score (nSPS) is 12.1. The zero-order chi connectivity index (χ0) is 24.3. The summed E-state index contributed by atoms with van der Waals surface area (Å²) in [7, 11) is -3.70. The molecule has 0 spiro atoms. The molecule has 0 radical (unpaired) electrons. The molecule has 33 heavy (non-hydrogen) atoms. The first-order valence-corrected chi connectivity index (χ1v) is 13.3. The first-order valence-electron chi connectivity index (χ1n) is 11.4. The van der Waals surface area contributed by atoms with Crippen molar-refractivity contribution in [3.8, 4) is 0 Å². The molecule has 0 bridgehead atoms. The zero-order valence-corrected chi connectivity index (χ0v) is 20.6. The fourth-order valence-corrected chi connectivity index (χ4v) is 4.46. The molecule has 0 unspecified atom stereocenters. The van der Waals surface area contributed by atoms with Gasteiger partial charge in [0.25, 0.3) is 0 Å². The summed E-state index contributed by atoms with van der Waals surface area (Å²) in [5.41, 5.74) is 1.45.